The fraction of sp³-hybridized carbons (Fsp3) is 0.200. The summed E-state index contributed by atoms with van der Waals surface area (Å²) in [4.78, 5) is 16.1. The Bertz CT molecular complexity index is 609. The number of nitrogen functional groups attached to an aromatic ring is 1. The third-order valence-electron chi connectivity index (χ3n) is 2.89. The topological polar surface area (TPSA) is 65.2 Å². The van der Waals surface area contributed by atoms with Crippen molar-refractivity contribution in [3.63, 3.8) is 0 Å². The molecule has 2 aromatic rings. The summed E-state index contributed by atoms with van der Waals surface area (Å²) in [5.74, 6) is -0.425. The van der Waals surface area contributed by atoms with Crippen LogP contribution < -0.4 is 5.73 Å². The number of aromatic nitrogens is 1. The zero-order valence-electron chi connectivity index (χ0n) is 11.0. The summed E-state index contributed by atoms with van der Waals surface area (Å²) >= 11 is 0. The molecule has 4 heteroatoms. The molecule has 0 saturated carbocycles. The first-order chi connectivity index (χ1) is 9.08. The lowest BCUT2D eigenvalue weighted by Gasteiger charge is -2.08. The smallest absolute Gasteiger partial charge is 0.340 e. The van der Waals surface area contributed by atoms with Crippen molar-refractivity contribution in [3.05, 3.63) is 58.9 Å². The molecule has 1 heterocycles. The molecule has 19 heavy (non-hydrogen) atoms. The molecule has 4 nitrogen and oxygen atoms in total. The van der Waals surface area contributed by atoms with Gasteiger partial charge in [-0.1, -0.05) is 17.7 Å². The number of anilines is 1. The van der Waals surface area contributed by atoms with Crippen LogP contribution in [0.25, 0.3) is 0 Å². The number of rotatable bonds is 3. The number of carbonyl (C=O) groups excluding carboxylic acids is 1. The first-order valence-electron chi connectivity index (χ1n) is 6.01. The monoisotopic (exact) mass is 256 g/mol. The highest BCUT2D eigenvalue weighted by molar-refractivity contribution is 5.95. The molecule has 0 aliphatic rings. The lowest BCUT2D eigenvalue weighted by Crippen LogP contribution is -2.09. The largest absolute Gasteiger partial charge is 0.456 e. The molecule has 98 valence electrons. The molecule has 1 aromatic carbocycles. The summed E-state index contributed by atoms with van der Waals surface area (Å²) < 4.78 is 5.25. The summed E-state index contributed by atoms with van der Waals surface area (Å²) in [6.07, 6.45) is 1.68. The molecule has 0 bridgehead atoms. The van der Waals surface area contributed by atoms with Crippen LogP contribution in [0.1, 0.15) is 27.2 Å². The second-order valence-electron chi connectivity index (χ2n) is 4.43. The van der Waals surface area contributed by atoms with E-state index in [0.29, 0.717) is 11.3 Å². The average Bonchev–Trinajstić information content (AvgIpc) is 2.40. The molecule has 0 atom stereocenters. The maximum Gasteiger partial charge on any atom is 0.340 e. The maximum absolute atomic E-state index is 12.0. The Morgan fingerprint density at radius 2 is 2.11 bits per heavy atom. The Morgan fingerprint density at radius 1 is 1.32 bits per heavy atom. The molecule has 0 unspecified atom stereocenters. The minimum absolute atomic E-state index is 0.152. The van der Waals surface area contributed by atoms with E-state index in [0.717, 1.165) is 16.8 Å². The van der Waals surface area contributed by atoms with E-state index >= 15 is 0 Å². The van der Waals surface area contributed by atoms with E-state index in [1.165, 1.54) is 0 Å². The summed E-state index contributed by atoms with van der Waals surface area (Å²) in [5.41, 5.74) is 9.31. The van der Waals surface area contributed by atoms with Crippen molar-refractivity contribution in [2.24, 2.45) is 0 Å². The number of nitrogens with two attached hydrogens (primary N) is 1. The third-order valence-corrected chi connectivity index (χ3v) is 2.89. The molecule has 0 aliphatic heterocycles. The summed E-state index contributed by atoms with van der Waals surface area (Å²) in [6.45, 7) is 3.98. The molecule has 0 spiro atoms. The Kier molecular flexibility index (Phi) is 3.80. The van der Waals surface area contributed by atoms with Gasteiger partial charge < -0.3 is 10.5 Å². The van der Waals surface area contributed by atoms with Crippen molar-refractivity contribution in [3.8, 4) is 0 Å². The number of hydrogen-bond acceptors (Lipinski definition) is 4. The van der Waals surface area contributed by atoms with Crippen LogP contribution in [0.5, 0.6) is 0 Å². The molecule has 0 fully saturated rings. The highest BCUT2D eigenvalue weighted by Gasteiger charge is 2.12. The van der Waals surface area contributed by atoms with Gasteiger partial charge in [0.15, 0.2) is 0 Å². The summed E-state index contributed by atoms with van der Waals surface area (Å²) in [7, 11) is 0. The van der Waals surface area contributed by atoms with Crippen molar-refractivity contribution in [1.82, 2.24) is 4.98 Å². The lowest BCUT2D eigenvalue weighted by molar-refractivity contribution is 0.0468. The molecule has 0 radical (unpaired) electrons. The van der Waals surface area contributed by atoms with Crippen LogP contribution in [0, 0.1) is 13.8 Å². The maximum atomic E-state index is 12.0. The second-order valence-corrected chi connectivity index (χ2v) is 4.43. The van der Waals surface area contributed by atoms with Gasteiger partial charge in [-0.15, -0.1) is 0 Å². The van der Waals surface area contributed by atoms with Gasteiger partial charge in [0.05, 0.1) is 11.3 Å². The van der Waals surface area contributed by atoms with Gasteiger partial charge in [0.25, 0.3) is 0 Å². The Morgan fingerprint density at radius 3 is 2.84 bits per heavy atom. The molecule has 1 aromatic heterocycles. The number of benzene rings is 1. The zero-order chi connectivity index (χ0) is 13.8. The molecule has 2 rings (SSSR count). The van der Waals surface area contributed by atoms with Crippen LogP contribution in [-0.2, 0) is 11.3 Å². The number of esters is 1. The number of carbonyl (C=O) groups is 1. The van der Waals surface area contributed by atoms with Gasteiger partial charge in [-0.05, 0) is 37.6 Å². The van der Waals surface area contributed by atoms with Gasteiger partial charge in [-0.3, -0.25) is 4.98 Å². The van der Waals surface area contributed by atoms with Gasteiger partial charge >= 0.3 is 5.97 Å². The fourth-order valence-electron chi connectivity index (χ4n) is 1.73. The van der Waals surface area contributed by atoms with Crippen LogP contribution in [0.3, 0.4) is 0 Å². The van der Waals surface area contributed by atoms with Crippen molar-refractivity contribution in [2.75, 3.05) is 5.73 Å². The van der Waals surface area contributed by atoms with Gasteiger partial charge in [0, 0.05) is 11.9 Å². The molecular weight excluding hydrogens is 240 g/mol. The molecule has 0 saturated heterocycles. The number of nitrogens with zero attached hydrogens (tertiary/aromatic N) is 1. The van der Waals surface area contributed by atoms with E-state index in [4.69, 9.17) is 10.5 Å². The SMILES string of the molecule is Cc1ccc(N)c(C(=O)OCc2ncccc2C)c1. The predicted octanol–water partition coefficient (Wildman–Crippen LogP) is 2.64. The fourth-order valence-corrected chi connectivity index (χ4v) is 1.73. The van der Waals surface area contributed by atoms with Crippen LogP contribution >= 0.6 is 0 Å². The zero-order valence-corrected chi connectivity index (χ0v) is 11.0. The average molecular weight is 256 g/mol. The highest BCUT2D eigenvalue weighted by atomic mass is 16.5. The van der Waals surface area contributed by atoms with Crippen molar-refractivity contribution in [1.29, 1.82) is 0 Å². The normalized spacial score (nSPS) is 10.2. The summed E-state index contributed by atoms with van der Waals surface area (Å²) in [6, 6.07) is 9.06. The van der Waals surface area contributed by atoms with Gasteiger partial charge in [0.2, 0.25) is 0 Å². The molecular formula is C15H16N2O2. The minimum atomic E-state index is -0.425. The van der Waals surface area contributed by atoms with E-state index < -0.39 is 5.97 Å². The second kappa shape index (κ2) is 5.52. The van der Waals surface area contributed by atoms with Crippen molar-refractivity contribution in [2.45, 2.75) is 20.5 Å². The Balaban J connectivity index is 2.10. The number of pyridine rings is 1. The predicted molar refractivity (Wildman–Crippen MR) is 73.7 cm³/mol. The van der Waals surface area contributed by atoms with Gasteiger partial charge in [0.1, 0.15) is 6.61 Å². The number of aryl methyl sites for hydroxylation is 2. The van der Waals surface area contributed by atoms with E-state index in [-0.39, 0.29) is 6.61 Å². The van der Waals surface area contributed by atoms with Crippen LogP contribution in [0.4, 0.5) is 5.69 Å². The van der Waals surface area contributed by atoms with Gasteiger partial charge in [-0.2, -0.15) is 0 Å². The van der Waals surface area contributed by atoms with E-state index in [9.17, 15) is 4.79 Å². The lowest BCUT2D eigenvalue weighted by atomic mass is 10.1. The van der Waals surface area contributed by atoms with Crippen LogP contribution in [-0.4, -0.2) is 11.0 Å². The highest BCUT2D eigenvalue weighted by Crippen LogP contribution is 2.16. The first kappa shape index (κ1) is 13.1. The minimum Gasteiger partial charge on any atom is -0.456 e. The quantitative estimate of drug-likeness (QED) is 0.677. The third kappa shape index (κ3) is 3.10. The van der Waals surface area contributed by atoms with E-state index in [1.807, 2.05) is 32.0 Å². The van der Waals surface area contributed by atoms with E-state index in [2.05, 4.69) is 4.98 Å². The number of hydrogen-bond donors (Lipinski definition) is 1. The molecule has 2 N–H and O–H groups in total. The summed E-state index contributed by atoms with van der Waals surface area (Å²) in [5, 5.41) is 0. The van der Waals surface area contributed by atoms with Crippen molar-refractivity contribution < 1.29 is 9.53 Å². The van der Waals surface area contributed by atoms with Gasteiger partial charge in [-0.25, -0.2) is 4.79 Å². The van der Waals surface area contributed by atoms with E-state index in [1.54, 1.807) is 18.3 Å². The Labute approximate surface area is 112 Å². The van der Waals surface area contributed by atoms with Crippen LogP contribution in [0.15, 0.2) is 36.5 Å². The van der Waals surface area contributed by atoms with Crippen molar-refractivity contribution >= 4 is 11.7 Å². The molecule has 0 amide bonds. The standard InChI is InChI=1S/C15H16N2O2/c1-10-5-6-13(16)12(8-10)15(18)19-9-14-11(2)4-3-7-17-14/h3-8H,9,16H2,1-2H3. The first-order valence-corrected chi connectivity index (χ1v) is 6.01. The van der Waals surface area contributed by atoms with Crippen LogP contribution in [0.2, 0.25) is 0 Å². The number of ether oxygens (including phenoxy) is 1. The Hall–Kier alpha value is -2.36. The molecule has 0 aliphatic carbocycles.